The number of benzene rings is 1. The molecule has 176 valence electrons. The molecule has 1 amide bonds. The molecule has 1 aliphatic heterocycles. The molecule has 2 unspecified atom stereocenters. The molecule has 2 atom stereocenters. The quantitative estimate of drug-likeness (QED) is 0.311. The van der Waals surface area contributed by atoms with Crippen LogP contribution in [0.3, 0.4) is 0 Å². The SMILES string of the molecule is CCNC(=NCc1cccc(NC(=O)C(C)CC)c1)N1CCOC(c2cnn(C)c2)C1.I. The van der Waals surface area contributed by atoms with E-state index in [0.29, 0.717) is 13.2 Å². The van der Waals surface area contributed by atoms with Gasteiger partial charge in [-0.2, -0.15) is 5.10 Å². The first kappa shape index (κ1) is 26.1. The van der Waals surface area contributed by atoms with Gasteiger partial charge in [0.25, 0.3) is 0 Å². The highest BCUT2D eigenvalue weighted by Crippen LogP contribution is 2.22. The summed E-state index contributed by atoms with van der Waals surface area (Å²) in [7, 11) is 1.91. The summed E-state index contributed by atoms with van der Waals surface area (Å²) in [6.45, 7) is 9.50. The number of aryl methyl sites for hydroxylation is 1. The van der Waals surface area contributed by atoms with E-state index in [1.165, 1.54) is 0 Å². The van der Waals surface area contributed by atoms with Crippen LogP contribution in [0.15, 0.2) is 41.7 Å². The normalized spacial score (nSPS) is 17.4. The molecule has 2 aromatic rings. The lowest BCUT2D eigenvalue weighted by molar-refractivity contribution is -0.119. The Kier molecular flexibility index (Phi) is 10.4. The van der Waals surface area contributed by atoms with Gasteiger partial charge in [-0.15, -0.1) is 24.0 Å². The molecule has 0 aliphatic carbocycles. The average Bonchev–Trinajstić information content (AvgIpc) is 3.22. The smallest absolute Gasteiger partial charge is 0.227 e. The fourth-order valence-electron chi connectivity index (χ4n) is 3.44. The molecule has 2 N–H and O–H groups in total. The van der Waals surface area contributed by atoms with Crippen LogP contribution in [0.4, 0.5) is 5.69 Å². The first-order chi connectivity index (χ1) is 15.0. The van der Waals surface area contributed by atoms with Gasteiger partial charge in [0.05, 0.1) is 25.9 Å². The van der Waals surface area contributed by atoms with E-state index in [0.717, 1.165) is 48.8 Å². The second-order valence-corrected chi connectivity index (χ2v) is 7.92. The highest BCUT2D eigenvalue weighted by atomic mass is 127. The predicted octanol–water partition coefficient (Wildman–Crippen LogP) is 3.56. The number of hydrogen-bond acceptors (Lipinski definition) is 4. The van der Waals surface area contributed by atoms with Crippen molar-refractivity contribution in [3.8, 4) is 0 Å². The average molecular weight is 554 g/mol. The third-order valence-corrected chi connectivity index (χ3v) is 5.46. The molecule has 0 spiro atoms. The second-order valence-electron chi connectivity index (χ2n) is 7.92. The Morgan fingerprint density at radius 1 is 1.38 bits per heavy atom. The standard InChI is InChI=1S/C23H34N6O2.HI/c1-5-17(3)22(30)27-20-9-7-8-18(12-20)13-25-23(24-6-2)29-10-11-31-21(16-29)19-14-26-28(4)15-19;/h7-9,12,14-15,17,21H,5-6,10-11,13,16H2,1-4H3,(H,24,25)(H,27,30);1H. The molecule has 0 saturated carbocycles. The van der Waals surface area contributed by atoms with Crippen molar-refractivity contribution in [2.45, 2.75) is 39.8 Å². The van der Waals surface area contributed by atoms with E-state index in [4.69, 9.17) is 9.73 Å². The molecule has 3 rings (SSSR count). The van der Waals surface area contributed by atoms with Crippen molar-refractivity contribution in [2.24, 2.45) is 18.0 Å². The Hall–Kier alpha value is -2.14. The van der Waals surface area contributed by atoms with Crippen molar-refractivity contribution in [1.29, 1.82) is 0 Å². The van der Waals surface area contributed by atoms with Crippen molar-refractivity contribution >= 4 is 41.5 Å². The van der Waals surface area contributed by atoms with Crippen molar-refractivity contribution in [2.75, 3.05) is 31.6 Å². The highest BCUT2D eigenvalue weighted by molar-refractivity contribution is 14.0. The molecule has 0 radical (unpaired) electrons. The van der Waals surface area contributed by atoms with Crippen LogP contribution < -0.4 is 10.6 Å². The van der Waals surface area contributed by atoms with Crippen LogP contribution in [-0.2, 0) is 23.1 Å². The van der Waals surface area contributed by atoms with Crippen LogP contribution in [-0.4, -0.2) is 52.8 Å². The van der Waals surface area contributed by atoms with E-state index in [1.54, 1.807) is 4.68 Å². The number of carbonyl (C=O) groups is 1. The topological polar surface area (TPSA) is 83.8 Å². The molecule has 8 nitrogen and oxygen atoms in total. The van der Waals surface area contributed by atoms with Crippen molar-refractivity contribution < 1.29 is 9.53 Å². The summed E-state index contributed by atoms with van der Waals surface area (Å²) in [6.07, 6.45) is 4.65. The maximum Gasteiger partial charge on any atom is 0.227 e. The fraction of sp³-hybridized carbons (Fsp3) is 0.522. The minimum atomic E-state index is -0.0228. The summed E-state index contributed by atoms with van der Waals surface area (Å²) in [5.41, 5.74) is 2.94. The fourth-order valence-corrected chi connectivity index (χ4v) is 3.44. The number of morpholine rings is 1. The maximum absolute atomic E-state index is 12.2. The lowest BCUT2D eigenvalue weighted by Crippen LogP contribution is -2.48. The van der Waals surface area contributed by atoms with Crippen LogP contribution >= 0.6 is 24.0 Å². The van der Waals surface area contributed by atoms with E-state index < -0.39 is 0 Å². The lowest BCUT2D eigenvalue weighted by Gasteiger charge is -2.34. The molecule has 1 aliphatic rings. The number of carbonyl (C=O) groups excluding carboxylic acids is 1. The molecule has 1 fully saturated rings. The van der Waals surface area contributed by atoms with Crippen LogP contribution in [0.5, 0.6) is 0 Å². The van der Waals surface area contributed by atoms with Gasteiger partial charge in [0.2, 0.25) is 5.91 Å². The summed E-state index contributed by atoms with van der Waals surface area (Å²) in [6, 6.07) is 7.89. The van der Waals surface area contributed by atoms with Gasteiger partial charge in [-0.3, -0.25) is 9.48 Å². The molecule has 1 aromatic carbocycles. The van der Waals surface area contributed by atoms with E-state index in [9.17, 15) is 4.79 Å². The summed E-state index contributed by atoms with van der Waals surface area (Å²) >= 11 is 0. The number of aromatic nitrogens is 2. The van der Waals surface area contributed by atoms with Crippen LogP contribution in [0, 0.1) is 5.92 Å². The molecule has 32 heavy (non-hydrogen) atoms. The second kappa shape index (κ2) is 12.8. The first-order valence-electron chi connectivity index (χ1n) is 11.0. The zero-order chi connectivity index (χ0) is 22.2. The van der Waals surface area contributed by atoms with Crippen LogP contribution in [0.1, 0.15) is 44.4 Å². The lowest BCUT2D eigenvalue weighted by atomic mass is 10.1. The molecule has 9 heteroatoms. The van der Waals surface area contributed by atoms with Gasteiger partial charge in [0, 0.05) is 43.5 Å². The molecule has 1 aromatic heterocycles. The zero-order valence-corrected chi connectivity index (χ0v) is 21.7. The summed E-state index contributed by atoms with van der Waals surface area (Å²) in [4.78, 5) is 19.3. The number of nitrogens with one attached hydrogen (secondary N) is 2. The number of amides is 1. The number of halogens is 1. The Morgan fingerprint density at radius 3 is 2.88 bits per heavy atom. The monoisotopic (exact) mass is 554 g/mol. The Labute approximate surface area is 207 Å². The van der Waals surface area contributed by atoms with E-state index in [-0.39, 0.29) is 41.9 Å². The number of hydrogen-bond donors (Lipinski definition) is 2. The van der Waals surface area contributed by atoms with Crippen molar-refractivity contribution in [3.05, 3.63) is 47.8 Å². The first-order valence-corrected chi connectivity index (χ1v) is 11.0. The summed E-state index contributed by atoms with van der Waals surface area (Å²) in [5.74, 6) is 0.913. The van der Waals surface area contributed by atoms with Gasteiger partial charge in [0.1, 0.15) is 6.10 Å². The maximum atomic E-state index is 12.2. The molecular formula is C23H35IN6O2. The largest absolute Gasteiger partial charge is 0.370 e. The van der Waals surface area contributed by atoms with Gasteiger partial charge in [-0.25, -0.2) is 4.99 Å². The van der Waals surface area contributed by atoms with Crippen molar-refractivity contribution in [1.82, 2.24) is 20.0 Å². The Balaban J connectivity index is 0.00000363. The number of nitrogens with zero attached hydrogens (tertiary/aromatic N) is 4. The minimum Gasteiger partial charge on any atom is -0.370 e. The number of guanidine groups is 1. The van der Waals surface area contributed by atoms with Crippen molar-refractivity contribution in [3.63, 3.8) is 0 Å². The third kappa shape index (κ3) is 7.19. The van der Waals surface area contributed by atoms with Gasteiger partial charge < -0.3 is 20.3 Å². The van der Waals surface area contributed by atoms with E-state index >= 15 is 0 Å². The number of anilines is 1. The van der Waals surface area contributed by atoms with E-state index in [1.807, 2.05) is 57.6 Å². The third-order valence-electron chi connectivity index (χ3n) is 5.46. The van der Waals surface area contributed by atoms with E-state index in [2.05, 4.69) is 27.6 Å². The summed E-state index contributed by atoms with van der Waals surface area (Å²) in [5, 5.41) is 10.7. The molecule has 2 heterocycles. The van der Waals surface area contributed by atoms with Crippen LogP contribution in [0.2, 0.25) is 0 Å². The minimum absolute atomic E-state index is 0. The van der Waals surface area contributed by atoms with Gasteiger partial charge >= 0.3 is 0 Å². The molecule has 0 bridgehead atoms. The number of ether oxygens (including phenoxy) is 1. The Morgan fingerprint density at radius 2 is 2.19 bits per heavy atom. The summed E-state index contributed by atoms with van der Waals surface area (Å²) < 4.78 is 7.76. The Bertz CT molecular complexity index is 900. The van der Waals surface area contributed by atoms with Gasteiger partial charge in [0.15, 0.2) is 5.96 Å². The molecule has 1 saturated heterocycles. The number of aliphatic imine (C=N–C) groups is 1. The van der Waals surface area contributed by atoms with Gasteiger partial charge in [-0.05, 0) is 31.0 Å². The van der Waals surface area contributed by atoms with Gasteiger partial charge in [-0.1, -0.05) is 26.0 Å². The van der Waals surface area contributed by atoms with Crippen LogP contribution in [0.25, 0.3) is 0 Å². The zero-order valence-electron chi connectivity index (χ0n) is 19.4. The number of rotatable bonds is 7. The predicted molar refractivity (Wildman–Crippen MR) is 138 cm³/mol. The molecular weight excluding hydrogens is 519 g/mol. The highest BCUT2D eigenvalue weighted by Gasteiger charge is 2.25.